The molecule has 82 valence electrons. The van der Waals surface area contributed by atoms with Gasteiger partial charge in [0, 0.05) is 4.47 Å². The Bertz CT molecular complexity index is 514. The molecule has 3 rings (SSSR count). The third kappa shape index (κ3) is 1.45. The van der Waals surface area contributed by atoms with Gasteiger partial charge in [0.25, 0.3) is 6.01 Å². The highest BCUT2D eigenvalue weighted by atomic mass is 79.9. The van der Waals surface area contributed by atoms with E-state index in [1.807, 2.05) is 0 Å². The molecule has 0 amide bonds. The van der Waals surface area contributed by atoms with Crippen LogP contribution in [0.4, 0.5) is 6.01 Å². The number of rotatable bonds is 2. The third-order valence-electron chi connectivity index (χ3n) is 3.14. The Morgan fingerprint density at radius 3 is 2.44 bits per heavy atom. The van der Waals surface area contributed by atoms with E-state index in [0.29, 0.717) is 0 Å². The summed E-state index contributed by atoms with van der Waals surface area (Å²) in [6.07, 6.45) is 3.94. The molecule has 1 aliphatic carbocycles. The van der Waals surface area contributed by atoms with Crippen LogP contribution in [0.15, 0.2) is 39.4 Å². The average Bonchev–Trinajstić information content (AvgIpc) is 2.97. The van der Waals surface area contributed by atoms with Gasteiger partial charge >= 0.3 is 0 Å². The van der Waals surface area contributed by atoms with Gasteiger partial charge in [-0.3, -0.25) is 0 Å². The van der Waals surface area contributed by atoms with Gasteiger partial charge in [-0.05, 0) is 30.5 Å². The molecule has 0 spiro atoms. The number of halogens is 1. The maximum absolute atomic E-state index is 5.52. The first-order chi connectivity index (χ1) is 7.71. The molecule has 1 saturated carbocycles. The van der Waals surface area contributed by atoms with Gasteiger partial charge in [0.15, 0.2) is 0 Å². The average molecular weight is 279 g/mol. The van der Waals surface area contributed by atoms with Crippen molar-refractivity contribution in [3.8, 4) is 0 Å². The molecule has 0 unspecified atom stereocenters. The summed E-state index contributed by atoms with van der Waals surface area (Å²) < 4.78 is 6.54. The molecule has 2 aromatic rings. The highest BCUT2D eigenvalue weighted by Gasteiger charge is 2.49. The lowest BCUT2D eigenvalue weighted by atomic mass is 9.94. The predicted molar refractivity (Wildman–Crippen MR) is 65.1 cm³/mol. The summed E-state index contributed by atoms with van der Waals surface area (Å²) in [7, 11) is 0. The second-order valence-electron chi connectivity index (χ2n) is 4.15. The monoisotopic (exact) mass is 278 g/mol. The van der Waals surface area contributed by atoms with Crippen molar-refractivity contribution in [2.75, 3.05) is 5.73 Å². The summed E-state index contributed by atoms with van der Waals surface area (Å²) in [5.41, 5.74) is 6.81. The first-order valence-electron chi connectivity index (χ1n) is 5.18. The number of oxazole rings is 1. The number of aromatic nitrogens is 1. The molecule has 0 bridgehead atoms. The minimum atomic E-state index is 0.0192. The van der Waals surface area contributed by atoms with Crippen LogP contribution in [0.2, 0.25) is 0 Å². The highest BCUT2D eigenvalue weighted by Crippen LogP contribution is 2.53. The zero-order valence-electron chi connectivity index (χ0n) is 8.61. The number of benzene rings is 1. The number of nitrogens with zero attached hydrogens (tertiary/aromatic N) is 1. The van der Waals surface area contributed by atoms with Crippen LogP contribution in [-0.4, -0.2) is 4.98 Å². The third-order valence-corrected chi connectivity index (χ3v) is 3.67. The summed E-state index contributed by atoms with van der Waals surface area (Å²) in [5.74, 6) is 0.882. The summed E-state index contributed by atoms with van der Waals surface area (Å²) in [6.45, 7) is 0. The Morgan fingerprint density at radius 1 is 1.25 bits per heavy atom. The summed E-state index contributed by atoms with van der Waals surface area (Å²) in [6, 6.07) is 8.59. The summed E-state index contributed by atoms with van der Waals surface area (Å²) in [5, 5.41) is 0. The van der Waals surface area contributed by atoms with E-state index in [0.717, 1.165) is 23.1 Å². The second kappa shape index (κ2) is 3.35. The second-order valence-corrected chi connectivity index (χ2v) is 5.07. The van der Waals surface area contributed by atoms with Crippen molar-refractivity contribution in [1.82, 2.24) is 4.98 Å². The zero-order chi connectivity index (χ0) is 11.2. The number of hydrogen-bond acceptors (Lipinski definition) is 3. The van der Waals surface area contributed by atoms with Crippen LogP contribution in [0.3, 0.4) is 0 Å². The normalized spacial score (nSPS) is 17.3. The van der Waals surface area contributed by atoms with Crippen molar-refractivity contribution < 1.29 is 4.42 Å². The van der Waals surface area contributed by atoms with Crippen LogP contribution in [0.5, 0.6) is 0 Å². The summed E-state index contributed by atoms with van der Waals surface area (Å²) in [4.78, 5) is 3.97. The van der Waals surface area contributed by atoms with Gasteiger partial charge in [-0.25, -0.2) is 4.98 Å². The fourth-order valence-electron chi connectivity index (χ4n) is 2.08. The molecule has 0 aliphatic heterocycles. The molecule has 4 heteroatoms. The van der Waals surface area contributed by atoms with Crippen molar-refractivity contribution in [3.05, 3.63) is 46.3 Å². The van der Waals surface area contributed by atoms with Crippen LogP contribution in [-0.2, 0) is 5.41 Å². The van der Waals surface area contributed by atoms with E-state index in [2.05, 4.69) is 45.2 Å². The van der Waals surface area contributed by atoms with Gasteiger partial charge in [-0.1, -0.05) is 28.1 Å². The Morgan fingerprint density at radius 2 is 1.94 bits per heavy atom. The van der Waals surface area contributed by atoms with E-state index in [1.54, 1.807) is 6.20 Å². The zero-order valence-corrected chi connectivity index (χ0v) is 10.2. The van der Waals surface area contributed by atoms with Crippen LogP contribution < -0.4 is 5.73 Å². The van der Waals surface area contributed by atoms with Gasteiger partial charge in [0.05, 0.1) is 11.6 Å². The highest BCUT2D eigenvalue weighted by molar-refractivity contribution is 9.10. The van der Waals surface area contributed by atoms with Crippen molar-refractivity contribution >= 4 is 21.9 Å². The summed E-state index contributed by atoms with van der Waals surface area (Å²) >= 11 is 3.44. The van der Waals surface area contributed by atoms with Gasteiger partial charge in [-0.2, -0.15) is 0 Å². The van der Waals surface area contributed by atoms with Crippen LogP contribution in [0.25, 0.3) is 0 Å². The minimum absolute atomic E-state index is 0.0192. The fourth-order valence-corrected chi connectivity index (χ4v) is 2.34. The molecule has 1 aromatic carbocycles. The van der Waals surface area contributed by atoms with Crippen molar-refractivity contribution in [3.63, 3.8) is 0 Å². The van der Waals surface area contributed by atoms with Crippen molar-refractivity contribution in [1.29, 1.82) is 0 Å². The number of nitrogens with two attached hydrogens (primary N) is 1. The Hall–Kier alpha value is -1.29. The molecular formula is C12H11BrN2O. The molecule has 3 nitrogen and oxygen atoms in total. The van der Waals surface area contributed by atoms with Gasteiger partial charge in [-0.15, -0.1) is 0 Å². The van der Waals surface area contributed by atoms with E-state index in [-0.39, 0.29) is 11.4 Å². The molecule has 1 fully saturated rings. The fraction of sp³-hybridized carbons (Fsp3) is 0.250. The largest absolute Gasteiger partial charge is 0.428 e. The minimum Gasteiger partial charge on any atom is -0.428 e. The quantitative estimate of drug-likeness (QED) is 0.919. The maximum Gasteiger partial charge on any atom is 0.292 e. The maximum atomic E-state index is 5.52. The SMILES string of the molecule is Nc1ncc(C2(c3ccc(Br)cc3)CC2)o1. The van der Waals surface area contributed by atoms with Crippen LogP contribution in [0, 0.1) is 0 Å². The smallest absolute Gasteiger partial charge is 0.292 e. The van der Waals surface area contributed by atoms with E-state index in [4.69, 9.17) is 10.2 Å². The first-order valence-corrected chi connectivity index (χ1v) is 5.98. The van der Waals surface area contributed by atoms with E-state index >= 15 is 0 Å². The molecule has 16 heavy (non-hydrogen) atoms. The molecule has 1 heterocycles. The molecular weight excluding hydrogens is 268 g/mol. The van der Waals surface area contributed by atoms with E-state index in [1.165, 1.54) is 5.56 Å². The lowest BCUT2D eigenvalue weighted by molar-refractivity contribution is 0.491. The first kappa shape index (κ1) is 9.90. The number of nitrogen functional groups attached to an aromatic ring is 1. The molecule has 1 aliphatic rings. The van der Waals surface area contributed by atoms with Crippen LogP contribution in [0.1, 0.15) is 24.2 Å². The lowest BCUT2D eigenvalue weighted by Crippen LogP contribution is -2.06. The lowest BCUT2D eigenvalue weighted by Gasteiger charge is -2.11. The van der Waals surface area contributed by atoms with Crippen molar-refractivity contribution in [2.24, 2.45) is 0 Å². The molecule has 1 aromatic heterocycles. The van der Waals surface area contributed by atoms with Gasteiger partial charge in [0.1, 0.15) is 5.76 Å². The van der Waals surface area contributed by atoms with E-state index in [9.17, 15) is 0 Å². The topological polar surface area (TPSA) is 52.0 Å². The molecule has 2 N–H and O–H groups in total. The number of hydrogen-bond donors (Lipinski definition) is 1. The molecule has 0 atom stereocenters. The molecule has 0 radical (unpaired) electrons. The Kier molecular flexibility index (Phi) is 2.07. The van der Waals surface area contributed by atoms with Crippen molar-refractivity contribution in [2.45, 2.75) is 18.3 Å². The number of anilines is 1. The van der Waals surface area contributed by atoms with Gasteiger partial charge in [0.2, 0.25) is 0 Å². The van der Waals surface area contributed by atoms with E-state index < -0.39 is 0 Å². The standard InChI is InChI=1S/C12H11BrN2O/c13-9-3-1-8(2-4-9)12(5-6-12)10-7-15-11(14)16-10/h1-4,7H,5-6H2,(H2,14,15). The van der Waals surface area contributed by atoms with Gasteiger partial charge < -0.3 is 10.2 Å². The molecule has 0 saturated heterocycles. The van der Waals surface area contributed by atoms with Crippen LogP contribution >= 0.6 is 15.9 Å². The predicted octanol–water partition coefficient (Wildman–Crippen LogP) is 3.10. The Balaban J connectivity index is 2.03. The Labute approximate surface area is 102 Å².